The molecule has 0 bridgehead atoms. The molecule has 1 saturated heterocycles. The molecule has 6 nitrogen and oxygen atoms in total. The van der Waals surface area contributed by atoms with Gasteiger partial charge in [0.05, 0.1) is 22.8 Å². The molecule has 2 atom stereocenters. The highest BCUT2D eigenvalue weighted by atomic mass is 79.9. The first-order valence-electron chi connectivity index (χ1n) is 6.20. The van der Waals surface area contributed by atoms with Crippen LogP contribution in [0.25, 0.3) is 11.0 Å². The largest absolute Gasteiger partial charge is 0.444 e. The number of nitrogens with one attached hydrogen (secondary N) is 1. The van der Waals surface area contributed by atoms with Crippen LogP contribution in [0.2, 0.25) is 0 Å². The van der Waals surface area contributed by atoms with Gasteiger partial charge in [-0.3, -0.25) is 0 Å². The van der Waals surface area contributed by atoms with E-state index in [4.69, 9.17) is 9.68 Å². The molecule has 1 aliphatic rings. The lowest BCUT2D eigenvalue weighted by atomic mass is 10.2. The first kappa shape index (κ1) is 13.4. The van der Waals surface area contributed by atoms with E-state index >= 15 is 0 Å². The maximum atomic E-state index is 9.96. The van der Waals surface area contributed by atoms with E-state index in [9.17, 15) is 5.11 Å². The molecule has 104 valence electrons. The summed E-state index contributed by atoms with van der Waals surface area (Å²) in [6.07, 6.45) is 1.15. The number of fused-ring (bicyclic) bond motifs is 1. The summed E-state index contributed by atoms with van der Waals surface area (Å²) < 4.78 is 6.06. The predicted octanol–water partition coefficient (Wildman–Crippen LogP) is 1.55. The topological polar surface area (TPSA) is 85.3 Å². The summed E-state index contributed by atoms with van der Waals surface area (Å²) in [5.74, 6) is 0.891. The average molecular weight is 337 g/mol. The number of halogens is 1. The van der Waals surface area contributed by atoms with Crippen LogP contribution in [0.3, 0.4) is 0 Å². The molecule has 0 radical (unpaired) electrons. The summed E-state index contributed by atoms with van der Waals surface area (Å²) in [7, 11) is 1.96. The van der Waals surface area contributed by atoms with Crippen molar-refractivity contribution in [1.29, 1.82) is 5.26 Å². The second-order valence-corrected chi connectivity index (χ2v) is 5.75. The van der Waals surface area contributed by atoms with Crippen molar-refractivity contribution in [3.05, 3.63) is 22.5 Å². The maximum absolute atomic E-state index is 9.96. The molecule has 1 fully saturated rings. The van der Waals surface area contributed by atoms with Gasteiger partial charge in [-0.2, -0.15) is 5.26 Å². The van der Waals surface area contributed by atoms with E-state index in [-0.39, 0.29) is 11.8 Å². The molecule has 0 saturated carbocycles. The number of furan rings is 1. The Balaban J connectivity index is 1.92. The third kappa shape index (κ3) is 2.26. The number of likely N-dealkylation sites (tertiary alicyclic amines) is 1. The molecule has 1 aliphatic heterocycles. The molecule has 3 heterocycles. The van der Waals surface area contributed by atoms with Crippen LogP contribution in [0.5, 0.6) is 0 Å². The van der Waals surface area contributed by atoms with Gasteiger partial charge in [-0.1, -0.05) is 0 Å². The molecule has 0 aromatic carbocycles. The van der Waals surface area contributed by atoms with E-state index in [2.05, 4.69) is 31.1 Å². The number of β-amino-alcohol motifs (C(OH)–C–C–N with tert-alkyl or cyclic N) is 1. The summed E-state index contributed by atoms with van der Waals surface area (Å²) >= 11 is 3.48. The van der Waals surface area contributed by atoms with Crippen molar-refractivity contribution in [1.82, 2.24) is 9.88 Å². The standard InChI is InChI=1S/C13H13BrN4O2/c1-18-5-9(10(19)6-18)17-13-12(14)8-2-7(3-15)20-11(8)4-16-13/h2,4,9-10,19H,5-6H2,1H3,(H,16,17)/t9-,10-/m1/s1. The smallest absolute Gasteiger partial charge is 0.204 e. The molecule has 3 rings (SSSR count). The predicted molar refractivity (Wildman–Crippen MR) is 77.3 cm³/mol. The Hall–Kier alpha value is -1.62. The van der Waals surface area contributed by atoms with E-state index < -0.39 is 6.10 Å². The monoisotopic (exact) mass is 336 g/mol. The maximum Gasteiger partial charge on any atom is 0.204 e. The number of rotatable bonds is 2. The molecule has 2 N–H and O–H groups in total. The number of hydrogen-bond acceptors (Lipinski definition) is 6. The van der Waals surface area contributed by atoms with Crippen molar-refractivity contribution < 1.29 is 9.52 Å². The van der Waals surface area contributed by atoms with Crippen LogP contribution in [0, 0.1) is 11.3 Å². The molecule has 0 amide bonds. The van der Waals surface area contributed by atoms with E-state index in [0.29, 0.717) is 17.9 Å². The minimum atomic E-state index is -0.427. The third-order valence-electron chi connectivity index (χ3n) is 3.42. The third-order valence-corrected chi connectivity index (χ3v) is 4.22. The average Bonchev–Trinajstić information content (AvgIpc) is 2.97. The Bertz CT molecular complexity index is 693. The Morgan fingerprint density at radius 1 is 1.60 bits per heavy atom. The molecule has 0 unspecified atom stereocenters. The van der Waals surface area contributed by atoms with Crippen molar-refractivity contribution in [3.63, 3.8) is 0 Å². The van der Waals surface area contributed by atoms with Gasteiger partial charge >= 0.3 is 0 Å². The van der Waals surface area contributed by atoms with E-state index in [1.165, 1.54) is 0 Å². The first-order chi connectivity index (χ1) is 9.58. The lowest BCUT2D eigenvalue weighted by molar-refractivity contribution is 0.174. The Kier molecular flexibility index (Phi) is 3.38. The van der Waals surface area contributed by atoms with Gasteiger partial charge in [0.2, 0.25) is 5.76 Å². The van der Waals surface area contributed by atoms with Crippen LogP contribution in [-0.2, 0) is 0 Å². The van der Waals surface area contributed by atoms with Crippen molar-refractivity contribution in [2.45, 2.75) is 12.1 Å². The second-order valence-electron chi connectivity index (χ2n) is 4.96. The molecule has 7 heteroatoms. The van der Waals surface area contributed by atoms with Crippen LogP contribution in [0.1, 0.15) is 5.76 Å². The van der Waals surface area contributed by atoms with Crippen LogP contribution < -0.4 is 5.32 Å². The molecular formula is C13H13BrN4O2. The Morgan fingerprint density at radius 2 is 2.40 bits per heavy atom. The number of aliphatic hydroxyl groups excluding tert-OH is 1. The number of anilines is 1. The van der Waals surface area contributed by atoms with Crippen molar-refractivity contribution in [3.8, 4) is 6.07 Å². The highest BCUT2D eigenvalue weighted by Crippen LogP contribution is 2.32. The lowest BCUT2D eigenvalue weighted by Gasteiger charge is -2.17. The van der Waals surface area contributed by atoms with E-state index in [1.54, 1.807) is 12.3 Å². The zero-order chi connectivity index (χ0) is 14.3. The summed E-state index contributed by atoms with van der Waals surface area (Å²) in [6, 6.07) is 3.57. The molecule has 0 spiro atoms. The number of likely N-dealkylation sites (N-methyl/N-ethyl adjacent to an activating group) is 1. The number of nitrogens with zero attached hydrogens (tertiary/aromatic N) is 3. The van der Waals surface area contributed by atoms with Gasteiger partial charge in [0.25, 0.3) is 0 Å². The first-order valence-corrected chi connectivity index (χ1v) is 6.99. The number of hydrogen-bond donors (Lipinski definition) is 2. The molecule has 20 heavy (non-hydrogen) atoms. The SMILES string of the molecule is CN1C[C@@H](O)[C@H](Nc2ncc3oc(C#N)cc3c2Br)C1. The Labute approximate surface area is 124 Å². The van der Waals surface area contributed by atoms with Crippen molar-refractivity contribution >= 4 is 32.7 Å². The van der Waals surface area contributed by atoms with E-state index in [0.717, 1.165) is 16.4 Å². The zero-order valence-corrected chi connectivity index (χ0v) is 12.4. The molecule has 0 aliphatic carbocycles. The minimum absolute atomic E-state index is 0.0661. The number of aromatic nitrogens is 1. The highest BCUT2D eigenvalue weighted by molar-refractivity contribution is 9.10. The van der Waals surface area contributed by atoms with Gasteiger partial charge in [0.1, 0.15) is 11.9 Å². The van der Waals surface area contributed by atoms with Gasteiger partial charge in [-0.15, -0.1) is 0 Å². The fraction of sp³-hybridized carbons (Fsp3) is 0.385. The summed E-state index contributed by atoms with van der Waals surface area (Å²) in [4.78, 5) is 6.34. The van der Waals surface area contributed by atoms with Gasteiger partial charge in [-0.05, 0) is 23.0 Å². The van der Waals surface area contributed by atoms with Gasteiger partial charge in [0.15, 0.2) is 5.58 Å². The van der Waals surface area contributed by atoms with Crippen LogP contribution in [0.4, 0.5) is 5.82 Å². The molecule has 2 aromatic heterocycles. The highest BCUT2D eigenvalue weighted by Gasteiger charge is 2.29. The van der Waals surface area contributed by atoms with Crippen LogP contribution >= 0.6 is 15.9 Å². The van der Waals surface area contributed by atoms with Crippen LogP contribution in [0.15, 0.2) is 21.2 Å². The van der Waals surface area contributed by atoms with Gasteiger partial charge < -0.3 is 19.7 Å². The number of pyridine rings is 1. The molecule has 2 aromatic rings. The van der Waals surface area contributed by atoms with Crippen molar-refractivity contribution in [2.75, 3.05) is 25.5 Å². The summed E-state index contributed by atoms with van der Waals surface area (Å²) in [6.45, 7) is 1.39. The fourth-order valence-corrected chi connectivity index (χ4v) is 2.96. The normalized spacial score (nSPS) is 23.1. The number of aliphatic hydroxyl groups is 1. The quantitative estimate of drug-likeness (QED) is 0.865. The fourth-order valence-electron chi connectivity index (χ4n) is 2.43. The zero-order valence-electron chi connectivity index (χ0n) is 10.8. The van der Waals surface area contributed by atoms with Gasteiger partial charge in [-0.25, -0.2) is 4.98 Å². The van der Waals surface area contributed by atoms with Gasteiger partial charge in [0, 0.05) is 24.5 Å². The number of nitriles is 1. The second kappa shape index (κ2) is 5.05. The molecular weight excluding hydrogens is 324 g/mol. The van der Waals surface area contributed by atoms with Crippen LogP contribution in [-0.4, -0.2) is 47.3 Å². The minimum Gasteiger partial charge on any atom is -0.444 e. The van der Waals surface area contributed by atoms with Crippen molar-refractivity contribution in [2.24, 2.45) is 0 Å². The van der Waals surface area contributed by atoms with E-state index in [1.807, 2.05) is 13.1 Å². The lowest BCUT2D eigenvalue weighted by Crippen LogP contribution is -2.32. The Morgan fingerprint density at radius 3 is 3.05 bits per heavy atom. The summed E-state index contributed by atoms with van der Waals surface area (Å²) in [5, 5.41) is 22.8. The summed E-state index contributed by atoms with van der Waals surface area (Å²) in [5.41, 5.74) is 0.558.